The quantitative estimate of drug-likeness (QED) is 0.898. The monoisotopic (exact) mass is 262 g/mol. The van der Waals surface area contributed by atoms with Gasteiger partial charge >= 0.3 is 0 Å². The first-order chi connectivity index (χ1) is 9.19. The summed E-state index contributed by atoms with van der Waals surface area (Å²) in [7, 11) is 1.83. The largest absolute Gasteiger partial charge is 0.316 e. The van der Waals surface area contributed by atoms with Crippen LogP contribution in [0.3, 0.4) is 0 Å². The van der Waals surface area contributed by atoms with Gasteiger partial charge in [0.05, 0.1) is 11.9 Å². The normalized spacial score (nSPS) is 10.9. The van der Waals surface area contributed by atoms with Crippen LogP contribution in [0, 0.1) is 5.82 Å². The molecule has 1 N–H and O–H groups in total. The van der Waals surface area contributed by atoms with E-state index in [4.69, 9.17) is 0 Å². The Morgan fingerprint density at radius 2 is 2.05 bits per heavy atom. The van der Waals surface area contributed by atoms with Crippen LogP contribution in [0.15, 0.2) is 18.3 Å². The van der Waals surface area contributed by atoms with E-state index in [0.717, 1.165) is 29.8 Å². The fraction of sp³-hybridized carbons (Fsp3) is 0.429. The molecule has 0 fully saturated rings. The van der Waals surface area contributed by atoms with Crippen molar-refractivity contribution in [2.75, 3.05) is 7.05 Å². The van der Waals surface area contributed by atoms with Crippen molar-refractivity contribution in [2.45, 2.75) is 33.2 Å². The minimum atomic E-state index is -0.324. The fourth-order valence-electron chi connectivity index (χ4n) is 2.07. The number of aryl methyl sites for hydroxylation is 2. The molecular formula is C14H19FN4. The molecule has 0 unspecified atom stereocenters. The van der Waals surface area contributed by atoms with Crippen LogP contribution in [0.5, 0.6) is 0 Å². The zero-order chi connectivity index (χ0) is 13.8. The van der Waals surface area contributed by atoms with Gasteiger partial charge in [0.25, 0.3) is 0 Å². The van der Waals surface area contributed by atoms with Crippen LogP contribution in [0.4, 0.5) is 4.39 Å². The first-order valence-electron chi connectivity index (χ1n) is 6.56. The third-order valence-electron chi connectivity index (χ3n) is 3.04. The molecule has 2 aromatic rings. The Hall–Kier alpha value is -1.75. The third kappa shape index (κ3) is 2.81. The Morgan fingerprint density at radius 1 is 1.26 bits per heavy atom. The van der Waals surface area contributed by atoms with Crippen LogP contribution in [-0.4, -0.2) is 21.8 Å². The molecule has 0 bridgehead atoms. The second-order valence-corrected chi connectivity index (χ2v) is 4.41. The molecule has 0 aromatic carbocycles. The van der Waals surface area contributed by atoms with Crippen molar-refractivity contribution in [1.29, 1.82) is 0 Å². The summed E-state index contributed by atoms with van der Waals surface area (Å²) in [5.74, 6) is 0.377. The third-order valence-corrected chi connectivity index (χ3v) is 3.04. The van der Waals surface area contributed by atoms with E-state index in [1.165, 1.54) is 12.3 Å². The van der Waals surface area contributed by atoms with Gasteiger partial charge in [-0.15, -0.1) is 0 Å². The maximum atomic E-state index is 13.3. The summed E-state index contributed by atoms with van der Waals surface area (Å²) in [6.45, 7) is 4.71. The highest BCUT2D eigenvalue weighted by molar-refractivity contribution is 5.35. The fourth-order valence-corrected chi connectivity index (χ4v) is 2.07. The molecule has 2 heterocycles. The summed E-state index contributed by atoms with van der Waals surface area (Å²) in [6, 6.07) is 3.58. The number of rotatable bonds is 5. The molecule has 0 amide bonds. The topological polar surface area (TPSA) is 42.7 Å². The number of nitrogens with one attached hydrogen (secondary N) is 1. The van der Waals surface area contributed by atoms with Crippen molar-refractivity contribution in [2.24, 2.45) is 0 Å². The minimum absolute atomic E-state index is 0.324. The number of pyridine rings is 1. The Kier molecular flexibility index (Phi) is 4.27. The molecule has 0 aliphatic rings. The lowest BCUT2D eigenvalue weighted by molar-refractivity contribution is 0.611. The van der Waals surface area contributed by atoms with Crippen LogP contribution in [0.1, 0.15) is 30.8 Å². The predicted molar refractivity (Wildman–Crippen MR) is 72.8 cm³/mol. The molecule has 19 heavy (non-hydrogen) atoms. The molecule has 0 saturated heterocycles. The van der Waals surface area contributed by atoms with Crippen LogP contribution >= 0.6 is 0 Å². The molecule has 2 aromatic heterocycles. The summed E-state index contributed by atoms with van der Waals surface area (Å²) < 4.78 is 15.1. The maximum absolute atomic E-state index is 13.3. The zero-order valence-corrected chi connectivity index (χ0v) is 11.6. The van der Waals surface area contributed by atoms with E-state index < -0.39 is 0 Å². The zero-order valence-electron chi connectivity index (χ0n) is 11.6. The number of nitrogens with zero attached hydrogens (tertiary/aromatic N) is 3. The van der Waals surface area contributed by atoms with Gasteiger partial charge in [0.15, 0.2) is 5.82 Å². The van der Waals surface area contributed by atoms with Gasteiger partial charge in [-0.2, -0.15) is 5.10 Å². The predicted octanol–water partition coefficient (Wildman–Crippen LogP) is 2.25. The van der Waals surface area contributed by atoms with E-state index in [9.17, 15) is 4.39 Å². The molecule has 2 rings (SSSR count). The van der Waals surface area contributed by atoms with E-state index in [2.05, 4.69) is 35.3 Å². The summed E-state index contributed by atoms with van der Waals surface area (Å²) in [4.78, 5) is 4.21. The van der Waals surface area contributed by atoms with Gasteiger partial charge in [-0.05, 0) is 32.0 Å². The molecule has 0 spiro atoms. The molecule has 102 valence electrons. The average Bonchev–Trinajstić information content (AvgIpc) is 2.82. The van der Waals surface area contributed by atoms with Gasteiger partial charge < -0.3 is 5.32 Å². The molecule has 0 atom stereocenters. The van der Waals surface area contributed by atoms with Gasteiger partial charge in [-0.3, -0.25) is 0 Å². The van der Waals surface area contributed by atoms with Crippen molar-refractivity contribution >= 4 is 0 Å². The lowest BCUT2D eigenvalue weighted by atomic mass is 10.2. The molecule has 0 aliphatic heterocycles. The second-order valence-electron chi connectivity index (χ2n) is 4.41. The van der Waals surface area contributed by atoms with Crippen molar-refractivity contribution in [3.8, 4) is 5.82 Å². The summed E-state index contributed by atoms with van der Waals surface area (Å²) in [6.07, 6.45) is 2.98. The van der Waals surface area contributed by atoms with Gasteiger partial charge in [0.1, 0.15) is 5.82 Å². The van der Waals surface area contributed by atoms with Gasteiger partial charge in [-0.25, -0.2) is 14.1 Å². The smallest absolute Gasteiger partial charge is 0.158 e. The summed E-state index contributed by atoms with van der Waals surface area (Å²) in [5, 5.41) is 7.58. The SMILES string of the molecule is CCc1cc(CC)n(-c2ncc(F)cc2CNC)n1. The Balaban J connectivity index is 2.53. The highest BCUT2D eigenvalue weighted by Gasteiger charge is 2.13. The number of hydrogen-bond acceptors (Lipinski definition) is 3. The van der Waals surface area contributed by atoms with Crippen molar-refractivity contribution in [1.82, 2.24) is 20.1 Å². The minimum Gasteiger partial charge on any atom is -0.316 e. The number of hydrogen-bond donors (Lipinski definition) is 1. The van der Waals surface area contributed by atoms with E-state index in [1.54, 1.807) is 0 Å². The first kappa shape index (κ1) is 13.7. The van der Waals surface area contributed by atoms with Gasteiger partial charge in [0, 0.05) is 17.8 Å². The average molecular weight is 262 g/mol. The molecule has 0 saturated carbocycles. The standard InChI is InChI=1S/C14H19FN4/c1-4-12-7-13(5-2)19(18-12)14-10(8-16-3)6-11(15)9-17-14/h6-7,9,16H,4-5,8H2,1-3H3. The van der Waals surface area contributed by atoms with E-state index in [1.807, 2.05) is 11.7 Å². The molecular weight excluding hydrogens is 243 g/mol. The van der Waals surface area contributed by atoms with Gasteiger partial charge in [-0.1, -0.05) is 13.8 Å². The summed E-state index contributed by atoms with van der Waals surface area (Å²) in [5.41, 5.74) is 2.93. The van der Waals surface area contributed by atoms with Crippen molar-refractivity contribution in [3.63, 3.8) is 0 Å². The van der Waals surface area contributed by atoms with E-state index in [-0.39, 0.29) is 5.82 Å². The van der Waals surface area contributed by atoms with E-state index >= 15 is 0 Å². The van der Waals surface area contributed by atoms with E-state index in [0.29, 0.717) is 12.4 Å². The molecule has 0 radical (unpaired) electrons. The van der Waals surface area contributed by atoms with Crippen LogP contribution in [-0.2, 0) is 19.4 Å². The summed E-state index contributed by atoms with van der Waals surface area (Å²) >= 11 is 0. The molecule has 4 nitrogen and oxygen atoms in total. The molecule has 0 aliphatic carbocycles. The Labute approximate surface area is 112 Å². The van der Waals surface area contributed by atoms with Crippen molar-refractivity contribution < 1.29 is 4.39 Å². The highest BCUT2D eigenvalue weighted by Crippen LogP contribution is 2.17. The number of aromatic nitrogens is 3. The lowest BCUT2D eigenvalue weighted by Crippen LogP contribution is -2.13. The van der Waals surface area contributed by atoms with Crippen LogP contribution in [0.2, 0.25) is 0 Å². The van der Waals surface area contributed by atoms with Crippen molar-refractivity contribution in [3.05, 3.63) is 41.1 Å². The highest BCUT2D eigenvalue weighted by atomic mass is 19.1. The molecule has 5 heteroatoms. The maximum Gasteiger partial charge on any atom is 0.158 e. The lowest BCUT2D eigenvalue weighted by Gasteiger charge is -2.10. The number of halogens is 1. The first-order valence-corrected chi connectivity index (χ1v) is 6.56. The van der Waals surface area contributed by atoms with Crippen LogP contribution < -0.4 is 5.32 Å². The second kappa shape index (κ2) is 5.93. The Morgan fingerprint density at radius 3 is 2.68 bits per heavy atom. The van der Waals surface area contributed by atoms with Crippen LogP contribution in [0.25, 0.3) is 5.82 Å². The Bertz CT molecular complexity index is 563. The van der Waals surface area contributed by atoms with Gasteiger partial charge in [0.2, 0.25) is 0 Å².